The van der Waals surface area contributed by atoms with E-state index >= 15 is 0 Å². The minimum atomic E-state index is 0.905. The van der Waals surface area contributed by atoms with Crippen LogP contribution in [0.15, 0.2) is 174 Å². The largest absolute Gasteiger partial charge is 0.456 e. The number of rotatable bonds is 3. The van der Waals surface area contributed by atoms with Gasteiger partial charge in [-0.15, -0.1) is 0 Å². The highest BCUT2D eigenvalue weighted by molar-refractivity contribution is 6.29. The first-order valence-electron chi connectivity index (χ1n) is 16.8. The highest BCUT2D eigenvalue weighted by Gasteiger charge is 2.21. The summed E-state index contributed by atoms with van der Waals surface area (Å²) in [5.74, 6) is 0. The van der Waals surface area contributed by atoms with Crippen molar-refractivity contribution in [3.05, 3.63) is 170 Å². The maximum absolute atomic E-state index is 6.44. The number of hydrogen-bond acceptors (Lipinski definition) is 1. The first-order valence-corrected chi connectivity index (χ1v) is 16.8. The van der Waals surface area contributed by atoms with E-state index in [1.54, 1.807) is 0 Å². The van der Waals surface area contributed by atoms with Gasteiger partial charge in [-0.05, 0) is 88.6 Å². The highest BCUT2D eigenvalue weighted by Crippen LogP contribution is 2.43. The van der Waals surface area contributed by atoms with Crippen LogP contribution in [0.25, 0.3) is 98.8 Å². The molecule has 0 unspecified atom stereocenters. The van der Waals surface area contributed by atoms with Gasteiger partial charge in [0, 0.05) is 43.7 Å². The van der Waals surface area contributed by atoms with Crippen molar-refractivity contribution in [3.63, 3.8) is 0 Å². The average Bonchev–Trinajstić information content (AvgIpc) is 3.81. The monoisotopic (exact) mass is 624 g/mol. The molecule has 0 fully saturated rings. The van der Waals surface area contributed by atoms with Gasteiger partial charge in [0.2, 0.25) is 0 Å². The number of nitrogens with zero attached hydrogens (tertiary/aromatic N) is 2. The topological polar surface area (TPSA) is 23.0 Å². The molecule has 0 saturated heterocycles. The molecule has 0 aliphatic heterocycles. The van der Waals surface area contributed by atoms with Gasteiger partial charge in [0.25, 0.3) is 0 Å². The molecular formula is C46H28N2O. The molecule has 0 aliphatic rings. The van der Waals surface area contributed by atoms with Crippen LogP contribution in [0.3, 0.4) is 0 Å². The van der Waals surface area contributed by atoms with Gasteiger partial charge < -0.3 is 13.6 Å². The first-order chi connectivity index (χ1) is 24.3. The molecule has 0 bridgehead atoms. The number of para-hydroxylation sites is 3. The lowest BCUT2D eigenvalue weighted by atomic mass is 9.98. The summed E-state index contributed by atoms with van der Waals surface area (Å²) in [5, 5.41) is 9.76. The predicted octanol–water partition coefficient (Wildman–Crippen LogP) is 12.6. The Balaban J connectivity index is 1.19. The minimum Gasteiger partial charge on any atom is -0.456 e. The molecule has 3 heteroatoms. The van der Waals surface area contributed by atoms with Gasteiger partial charge >= 0.3 is 0 Å². The van der Waals surface area contributed by atoms with Crippen LogP contribution in [0, 0.1) is 0 Å². The molecule has 0 atom stereocenters. The number of hydrogen-bond donors (Lipinski definition) is 0. The fraction of sp³-hybridized carbons (Fsp3) is 0. The molecule has 0 N–H and O–H groups in total. The number of benzene rings is 8. The van der Waals surface area contributed by atoms with Crippen LogP contribution < -0.4 is 0 Å². The number of fused-ring (bicyclic) bond motifs is 11. The molecule has 0 aliphatic carbocycles. The van der Waals surface area contributed by atoms with Crippen molar-refractivity contribution in [1.29, 1.82) is 0 Å². The van der Waals surface area contributed by atoms with Gasteiger partial charge in [-0.3, -0.25) is 0 Å². The van der Waals surface area contributed by atoms with E-state index < -0.39 is 0 Å². The van der Waals surface area contributed by atoms with Gasteiger partial charge in [-0.25, -0.2) is 0 Å². The number of furan rings is 1. The van der Waals surface area contributed by atoms with E-state index in [0.29, 0.717) is 0 Å². The summed E-state index contributed by atoms with van der Waals surface area (Å²) in [6.45, 7) is 0. The summed E-state index contributed by atoms with van der Waals surface area (Å²) >= 11 is 0. The van der Waals surface area contributed by atoms with Crippen molar-refractivity contribution in [2.24, 2.45) is 0 Å². The van der Waals surface area contributed by atoms with E-state index in [-0.39, 0.29) is 0 Å². The van der Waals surface area contributed by atoms with Crippen LogP contribution in [0.2, 0.25) is 0 Å². The maximum atomic E-state index is 6.44. The fourth-order valence-electron chi connectivity index (χ4n) is 8.22. The average molecular weight is 625 g/mol. The summed E-state index contributed by atoms with van der Waals surface area (Å²) in [6.07, 6.45) is 0. The van der Waals surface area contributed by atoms with E-state index in [1.165, 1.54) is 65.6 Å². The Labute approximate surface area is 281 Å². The lowest BCUT2D eigenvalue weighted by molar-refractivity contribution is 0.669. The van der Waals surface area contributed by atoms with Crippen molar-refractivity contribution >= 4 is 76.3 Å². The third-order valence-electron chi connectivity index (χ3n) is 10.3. The molecule has 8 aromatic carbocycles. The normalized spacial score (nSPS) is 12.1. The van der Waals surface area contributed by atoms with E-state index in [0.717, 1.165) is 33.2 Å². The lowest BCUT2D eigenvalue weighted by Crippen LogP contribution is -1.95. The molecule has 3 nitrogen and oxygen atoms in total. The van der Waals surface area contributed by atoms with Crippen LogP contribution >= 0.6 is 0 Å². The summed E-state index contributed by atoms with van der Waals surface area (Å²) in [6, 6.07) is 61.2. The van der Waals surface area contributed by atoms with Crippen LogP contribution in [0.4, 0.5) is 0 Å². The van der Waals surface area contributed by atoms with Crippen molar-refractivity contribution in [2.75, 3.05) is 0 Å². The zero-order chi connectivity index (χ0) is 32.1. The molecule has 0 radical (unpaired) electrons. The Kier molecular flexibility index (Phi) is 5.38. The zero-order valence-corrected chi connectivity index (χ0v) is 26.5. The quantitative estimate of drug-likeness (QED) is 0.192. The Morgan fingerprint density at radius 3 is 1.67 bits per heavy atom. The summed E-state index contributed by atoms with van der Waals surface area (Å²) in [4.78, 5) is 0. The van der Waals surface area contributed by atoms with E-state index in [4.69, 9.17) is 4.42 Å². The van der Waals surface area contributed by atoms with Crippen LogP contribution in [0.1, 0.15) is 0 Å². The Morgan fingerprint density at radius 1 is 0.347 bits per heavy atom. The molecule has 11 rings (SSSR count). The molecule has 11 aromatic rings. The molecule has 0 spiro atoms. The van der Waals surface area contributed by atoms with Gasteiger partial charge in [0.05, 0.1) is 22.1 Å². The maximum Gasteiger partial charge on any atom is 0.136 e. The van der Waals surface area contributed by atoms with Crippen LogP contribution in [0.5, 0.6) is 0 Å². The summed E-state index contributed by atoms with van der Waals surface area (Å²) in [5.41, 5.74) is 11.3. The minimum absolute atomic E-state index is 0.905. The van der Waals surface area contributed by atoms with Gasteiger partial charge in [-0.1, -0.05) is 103 Å². The van der Waals surface area contributed by atoms with Crippen molar-refractivity contribution in [3.8, 4) is 22.5 Å². The third-order valence-corrected chi connectivity index (χ3v) is 10.3. The summed E-state index contributed by atoms with van der Waals surface area (Å²) in [7, 11) is 0. The van der Waals surface area contributed by atoms with Crippen molar-refractivity contribution in [2.45, 2.75) is 0 Å². The Morgan fingerprint density at radius 2 is 0.939 bits per heavy atom. The molecule has 49 heavy (non-hydrogen) atoms. The fourth-order valence-corrected chi connectivity index (χ4v) is 8.22. The van der Waals surface area contributed by atoms with Gasteiger partial charge in [-0.2, -0.15) is 0 Å². The molecule has 228 valence electrons. The third kappa shape index (κ3) is 3.73. The smallest absolute Gasteiger partial charge is 0.136 e. The molecule has 3 heterocycles. The van der Waals surface area contributed by atoms with Crippen LogP contribution in [-0.4, -0.2) is 9.13 Å². The van der Waals surface area contributed by atoms with Gasteiger partial charge in [0.15, 0.2) is 0 Å². The second kappa shape index (κ2) is 9.96. The van der Waals surface area contributed by atoms with Crippen molar-refractivity contribution in [1.82, 2.24) is 9.13 Å². The lowest BCUT2D eigenvalue weighted by Gasteiger charge is -2.11. The van der Waals surface area contributed by atoms with E-state index in [2.05, 4.69) is 179 Å². The number of aromatic nitrogens is 2. The molecular weight excluding hydrogens is 597 g/mol. The Bertz CT molecular complexity index is 3100. The second-order valence-electron chi connectivity index (χ2n) is 12.9. The SMILES string of the molecule is c1ccc(-n2c3ccccc3c3c4c5ccccc5n(-c5cccc(-c6cccc7oc8cc9ccccc9cc8c67)c5)c4ccc32)cc1. The Hall–Kier alpha value is -6.58. The van der Waals surface area contributed by atoms with E-state index in [9.17, 15) is 0 Å². The first kappa shape index (κ1) is 26.5. The zero-order valence-electron chi connectivity index (χ0n) is 26.5. The molecule has 0 amide bonds. The summed E-state index contributed by atoms with van der Waals surface area (Å²) < 4.78 is 11.3. The van der Waals surface area contributed by atoms with Crippen LogP contribution in [-0.2, 0) is 0 Å². The van der Waals surface area contributed by atoms with E-state index in [1.807, 2.05) is 0 Å². The molecule has 3 aromatic heterocycles. The standard InChI is InChI=1S/C46H28N2O/c1-2-15-32(16-3-1)47-38-21-8-6-18-35(38)45-40(47)24-25-41-46(45)36-19-7-9-22-39(36)48(41)33-17-10-14-31(26-33)34-20-11-23-42-44(34)37-27-29-12-4-5-13-30(29)28-43(37)49-42/h1-28H. The highest BCUT2D eigenvalue weighted by atomic mass is 16.3. The van der Waals surface area contributed by atoms with Crippen molar-refractivity contribution < 1.29 is 4.42 Å². The predicted molar refractivity (Wildman–Crippen MR) is 205 cm³/mol. The van der Waals surface area contributed by atoms with Gasteiger partial charge in [0.1, 0.15) is 11.2 Å². The second-order valence-corrected chi connectivity index (χ2v) is 12.9. The molecule has 0 saturated carbocycles.